The molecule has 0 N–H and O–H groups in total. The molecular weight excluding hydrogens is 359 g/mol. The first-order valence-corrected chi connectivity index (χ1v) is 8.40. The fourth-order valence-corrected chi connectivity index (χ4v) is 3.60. The molecule has 1 aliphatic carbocycles. The van der Waals surface area contributed by atoms with Gasteiger partial charge in [-0.05, 0) is 60.2 Å². The minimum absolute atomic E-state index is 0.0192. The normalized spacial score (nSPS) is 25.9. The monoisotopic (exact) mass is 376 g/mol. The molecule has 21 heavy (non-hydrogen) atoms. The van der Waals surface area contributed by atoms with Crippen LogP contribution in [0.5, 0.6) is 0 Å². The molecule has 2 rings (SSSR count). The lowest BCUT2D eigenvalue weighted by molar-refractivity contribution is -0.0513. The molecule has 2 nitrogen and oxygen atoms in total. The average molecular weight is 378 g/mol. The van der Waals surface area contributed by atoms with Crippen molar-refractivity contribution in [2.24, 2.45) is 5.92 Å². The number of hydrogen-bond donors (Lipinski definition) is 0. The summed E-state index contributed by atoms with van der Waals surface area (Å²) in [6.07, 6.45) is 3.26. The van der Waals surface area contributed by atoms with Crippen molar-refractivity contribution >= 4 is 33.3 Å². The van der Waals surface area contributed by atoms with Crippen LogP contribution in [0, 0.1) is 11.7 Å². The van der Waals surface area contributed by atoms with Crippen LogP contribution in [0.3, 0.4) is 0 Å². The number of halogens is 3. The number of ketones is 1. The molecule has 2 atom stereocenters. The third kappa shape index (κ3) is 3.33. The van der Waals surface area contributed by atoms with Gasteiger partial charge < -0.3 is 4.74 Å². The van der Waals surface area contributed by atoms with E-state index in [4.69, 9.17) is 16.3 Å². The van der Waals surface area contributed by atoms with Crippen LogP contribution in [0.15, 0.2) is 16.6 Å². The van der Waals surface area contributed by atoms with Gasteiger partial charge in [0.25, 0.3) is 0 Å². The summed E-state index contributed by atoms with van der Waals surface area (Å²) in [6.45, 7) is 4.40. The van der Waals surface area contributed by atoms with Crippen molar-refractivity contribution in [3.63, 3.8) is 0 Å². The Bertz CT molecular complexity index is 545. The van der Waals surface area contributed by atoms with Crippen LogP contribution in [0.25, 0.3) is 0 Å². The standard InChI is InChI=1S/C16H19BrClFO2/c1-3-21-16(8-4-5-10(2)9-16)15(20)11-6-7-12(17)13(18)14(11)19/h6-7,10H,3-5,8-9H2,1-2H3. The molecule has 0 saturated heterocycles. The Hall–Kier alpha value is -0.450. The van der Waals surface area contributed by atoms with Crippen molar-refractivity contribution in [3.05, 3.63) is 33.0 Å². The van der Waals surface area contributed by atoms with E-state index in [-0.39, 0.29) is 16.4 Å². The number of ether oxygens (including phenoxy) is 1. The lowest BCUT2D eigenvalue weighted by Crippen LogP contribution is -2.45. The van der Waals surface area contributed by atoms with Gasteiger partial charge in [-0.3, -0.25) is 4.79 Å². The predicted molar refractivity (Wildman–Crippen MR) is 85.4 cm³/mol. The number of Topliss-reactive ketones (excluding diaryl/α,β-unsaturated/α-hetero) is 1. The second-order valence-electron chi connectivity index (χ2n) is 5.68. The van der Waals surface area contributed by atoms with Gasteiger partial charge in [0.05, 0.1) is 10.6 Å². The largest absolute Gasteiger partial charge is 0.367 e. The minimum Gasteiger partial charge on any atom is -0.367 e. The topological polar surface area (TPSA) is 26.3 Å². The zero-order valence-electron chi connectivity index (χ0n) is 12.2. The molecule has 1 aliphatic rings. The third-order valence-electron chi connectivity index (χ3n) is 4.07. The van der Waals surface area contributed by atoms with Gasteiger partial charge in [-0.25, -0.2) is 4.39 Å². The highest BCUT2D eigenvalue weighted by Crippen LogP contribution is 2.39. The molecule has 2 unspecified atom stereocenters. The molecule has 0 amide bonds. The van der Waals surface area contributed by atoms with Crippen molar-refractivity contribution in [3.8, 4) is 0 Å². The summed E-state index contributed by atoms with van der Waals surface area (Å²) in [5.41, 5.74) is -0.893. The second-order valence-corrected chi connectivity index (χ2v) is 6.91. The van der Waals surface area contributed by atoms with Gasteiger partial charge in [-0.2, -0.15) is 0 Å². The molecule has 0 radical (unpaired) electrons. The minimum atomic E-state index is -0.912. The van der Waals surface area contributed by atoms with Crippen molar-refractivity contribution in [1.29, 1.82) is 0 Å². The molecule has 0 bridgehead atoms. The zero-order chi connectivity index (χ0) is 15.6. The molecular formula is C16H19BrClFO2. The van der Waals surface area contributed by atoms with E-state index >= 15 is 0 Å². The number of hydrogen-bond acceptors (Lipinski definition) is 2. The first-order valence-electron chi connectivity index (χ1n) is 7.23. The Morgan fingerprint density at radius 1 is 1.57 bits per heavy atom. The fourth-order valence-electron chi connectivity index (χ4n) is 3.13. The van der Waals surface area contributed by atoms with E-state index in [9.17, 15) is 9.18 Å². The zero-order valence-corrected chi connectivity index (χ0v) is 14.6. The molecule has 1 fully saturated rings. The van der Waals surface area contributed by atoms with Crippen LogP contribution in [0.1, 0.15) is 49.9 Å². The predicted octanol–water partition coefficient (Wildman–Crippen LogP) is 5.41. The molecule has 0 aliphatic heterocycles. The highest BCUT2D eigenvalue weighted by atomic mass is 79.9. The Kier molecular flexibility index (Phi) is 5.44. The lowest BCUT2D eigenvalue weighted by Gasteiger charge is -2.38. The van der Waals surface area contributed by atoms with Crippen LogP contribution < -0.4 is 0 Å². The third-order valence-corrected chi connectivity index (χ3v) is 5.33. The second kappa shape index (κ2) is 6.76. The molecule has 1 aromatic carbocycles. The molecule has 5 heteroatoms. The Labute approximate surface area is 138 Å². The van der Waals surface area contributed by atoms with Gasteiger partial charge in [0.2, 0.25) is 0 Å². The van der Waals surface area contributed by atoms with Crippen LogP contribution in [0.4, 0.5) is 4.39 Å². The van der Waals surface area contributed by atoms with Crippen molar-refractivity contribution < 1.29 is 13.9 Å². The van der Waals surface area contributed by atoms with E-state index < -0.39 is 11.4 Å². The van der Waals surface area contributed by atoms with Gasteiger partial charge in [-0.1, -0.05) is 24.9 Å². The maximum Gasteiger partial charge on any atom is 0.197 e. The van der Waals surface area contributed by atoms with E-state index in [1.165, 1.54) is 6.07 Å². The maximum atomic E-state index is 14.3. The van der Waals surface area contributed by atoms with Gasteiger partial charge in [0.15, 0.2) is 11.6 Å². The number of benzene rings is 1. The van der Waals surface area contributed by atoms with Crippen LogP contribution in [-0.2, 0) is 4.74 Å². The van der Waals surface area contributed by atoms with E-state index in [1.807, 2.05) is 6.92 Å². The smallest absolute Gasteiger partial charge is 0.197 e. The number of carbonyl (C=O) groups is 1. The van der Waals surface area contributed by atoms with E-state index in [0.717, 1.165) is 12.8 Å². The van der Waals surface area contributed by atoms with Gasteiger partial charge >= 0.3 is 0 Å². The molecule has 116 valence electrons. The molecule has 0 spiro atoms. The first kappa shape index (κ1) is 16.9. The first-order chi connectivity index (χ1) is 9.91. The summed E-state index contributed by atoms with van der Waals surface area (Å²) in [7, 11) is 0. The number of carbonyl (C=O) groups excluding carboxylic acids is 1. The van der Waals surface area contributed by atoms with E-state index in [1.54, 1.807) is 6.07 Å². The highest BCUT2D eigenvalue weighted by Gasteiger charge is 2.43. The number of rotatable bonds is 4. The van der Waals surface area contributed by atoms with Gasteiger partial charge in [0, 0.05) is 11.1 Å². The van der Waals surface area contributed by atoms with Crippen molar-refractivity contribution in [1.82, 2.24) is 0 Å². The fraction of sp³-hybridized carbons (Fsp3) is 0.562. The van der Waals surface area contributed by atoms with Crippen molar-refractivity contribution in [2.45, 2.75) is 45.1 Å². The van der Waals surface area contributed by atoms with Gasteiger partial charge in [0.1, 0.15) is 5.60 Å². The van der Waals surface area contributed by atoms with Crippen LogP contribution in [-0.4, -0.2) is 18.0 Å². The van der Waals surface area contributed by atoms with Crippen molar-refractivity contribution in [2.75, 3.05) is 6.61 Å². The molecule has 1 saturated carbocycles. The SMILES string of the molecule is CCOC1(C(=O)c2ccc(Br)c(Cl)c2F)CCCC(C)C1. The Morgan fingerprint density at radius 2 is 2.29 bits per heavy atom. The van der Waals surface area contributed by atoms with E-state index in [2.05, 4.69) is 22.9 Å². The quantitative estimate of drug-likeness (QED) is 0.518. The summed E-state index contributed by atoms with van der Waals surface area (Å²) < 4.78 is 20.6. The summed E-state index contributed by atoms with van der Waals surface area (Å²) in [6, 6.07) is 3.08. The summed E-state index contributed by atoms with van der Waals surface area (Å²) in [5, 5.41) is -0.0589. The van der Waals surface area contributed by atoms with E-state index in [0.29, 0.717) is 29.8 Å². The van der Waals surface area contributed by atoms with Gasteiger partial charge in [-0.15, -0.1) is 0 Å². The lowest BCUT2D eigenvalue weighted by atomic mass is 9.74. The van der Waals surface area contributed by atoms with Crippen LogP contribution >= 0.6 is 27.5 Å². The highest BCUT2D eigenvalue weighted by molar-refractivity contribution is 9.10. The molecule has 0 aromatic heterocycles. The summed E-state index contributed by atoms with van der Waals surface area (Å²) in [5.74, 6) is -0.570. The molecule has 1 aromatic rings. The molecule has 0 heterocycles. The Balaban J connectivity index is 2.42. The summed E-state index contributed by atoms with van der Waals surface area (Å²) in [4.78, 5) is 12.9. The maximum absolute atomic E-state index is 14.3. The average Bonchev–Trinajstić information content (AvgIpc) is 2.45. The Morgan fingerprint density at radius 3 is 2.90 bits per heavy atom. The van der Waals surface area contributed by atoms with Crippen LogP contribution in [0.2, 0.25) is 5.02 Å². The summed E-state index contributed by atoms with van der Waals surface area (Å²) >= 11 is 9.07.